The van der Waals surface area contributed by atoms with Gasteiger partial charge in [0.2, 0.25) is 0 Å². The molecule has 1 heterocycles. The zero-order valence-corrected chi connectivity index (χ0v) is 12.0. The Labute approximate surface area is 115 Å². The van der Waals surface area contributed by atoms with Crippen molar-refractivity contribution in [2.45, 2.75) is 46.1 Å². The van der Waals surface area contributed by atoms with Crippen LogP contribution in [0.4, 0.5) is 0 Å². The normalized spacial score (nSPS) is 22.5. The molecule has 0 bridgehead atoms. The molecule has 0 radical (unpaired) electrons. The number of aryl methyl sites for hydroxylation is 1. The molecule has 1 aromatic carbocycles. The van der Waals surface area contributed by atoms with Crippen molar-refractivity contribution < 1.29 is 9.53 Å². The van der Waals surface area contributed by atoms with Gasteiger partial charge in [0.1, 0.15) is 6.10 Å². The lowest BCUT2D eigenvalue weighted by atomic mass is 9.84. The van der Waals surface area contributed by atoms with Gasteiger partial charge >= 0.3 is 5.97 Å². The van der Waals surface area contributed by atoms with Crippen LogP contribution in [-0.4, -0.2) is 12.1 Å². The first-order valence-corrected chi connectivity index (χ1v) is 6.92. The van der Waals surface area contributed by atoms with Crippen LogP contribution < -0.4 is 0 Å². The van der Waals surface area contributed by atoms with Crippen LogP contribution in [0.2, 0.25) is 0 Å². The van der Waals surface area contributed by atoms with Crippen LogP contribution in [0, 0.1) is 12.3 Å². The van der Waals surface area contributed by atoms with Crippen molar-refractivity contribution in [3.63, 3.8) is 0 Å². The summed E-state index contributed by atoms with van der Waals surface area (Å²) in [6, 6.07) is 8.37. The molecule has 1 fully saturated rings. The summed E-state index contributed by atoms with van der Waals surface area (Å²) >= 11 is 0. The number of benzene rings is 1. The SMILES string of the molecule is Cc1cccc(/C=C/CC2CCC(C)(C)C(=O)O2)c1. The number of rotatable bonds is 3. The fraction of sp³-hybridized carbons (Fsp3) is 0.471. The second-order valence-electron chi connectivity index (χ2n) is 6.00. The van der Waals surface area contributed by atoms with E-state index in [2.05, 4.69) is 43.3 Å². The molecule has 0 N–H and O–H groups in total. The molecule has 0 aliphatic carbocycles. The van der Waals surface area contributed by atoms with E-state index >= 15 is 0 Å². The highest BCUT2D eigenvalue weighted by Gasteiger charge is 2.36. The van der Waals surface area contributed by atoms with E-state index in [-0.39, 0.29) is 17.5 Å². The first kappa shape index (κ1) is 13.9. The monoisotopic (exact) mass is 258 g/mol. The minimum Gasteiger partial charge on any atom is -0.462 e. The van der Waals surface area contributed by atoms with Crippen molar-refractivity contribution in [1.82, 2.24) is 0 Å². The zero-order valence-electron chi connectivity index (χ0n) is 12.0. The molecule has 1 unspecified atom stereocenters. The molecule has 2 heteroatoms. The van der Waals surface area contributed by atoms with E-state index in [0.717, 1.165) is 19.3 Å². The quantitative estimate of drug-likeness (QED) is 0.762. The first-order valence-electron chi connectivity index (χ1n) is 6.92. The predicted octanol–water partition coefficient (Wildman–Crippen LogP) is 4.13. The van der Waals surface area contributed by atoms with E-state index < -0.39 is 0 Å². The lowest BCUT2D eigenvalue weighted by Crippen LogP contribution is -2.36. The van der Waals surface area contributed by atoms with Gasteiger partial charge in [-0.25, -0.2) is 0 Å². The largest absolute Gasteiger partial charge is 0.462 e. The number of ether oxygens (including phenoxy) is 1. The molecule has 1 aromatic rings. The van der Waals surface area contributed by atoms with Crippen molar-refractivity contribution >= 4 is 12.0 Å². The summed E-state index contributed by atoms with van der Waals surface area (Å²) in [5.74, 6) is -0.0623. The second kappa shape index (κ2) is 5.60. The molecule has 1 aliphatic heterocycles. The Balaban J connectivity index is 1.88. The van der Waals surface area contributed by atoms with Gasteiger partial charge in [0.15, 0.2) is 0 Å². The van der Waals surface area contributed by atoms with Crippen LogP contribution in [0.3, 0.4) is 0 Å². The number of carbonyl (C=O) groups is 1. The summed E-state index contributed by atoms with van der Waals surface area (Å²) in [7, 11) is 0. The summed E-state index contributed by atoms with van der Waals surface area (Å²) in [5.41, 5.74) is 2.15. The third-order valence-electron chi connectivity index (χ3n) is 3.67. The van der Waals surface area contributed by atoms with Gasteiger partial charge in [-0.15, -0.1) is 0 Å². The smallest absolute Gasteiger partial charge is 0.311 e. The Morgan fingerprint density at radius 1 is 1.42 bits per heavy atom. The average Bonchev–Trinajstić information content (AvgIpc) is 2.34. The Kier molecular flexibility index (Phi) is 4.08. The summed E-state index contributed by atoms with van der Waals surface area (Å²) in [5, 5.41) is 0. The van der Waals surface area contributed by atoms with Crippen LogP contribution in [0.15, 0.2) is 30.3 Å². The van der Waals surface area contributed by atoms with E-state index in [0.29, 0.717) is 0 Å². The molecule has 0 amide bonds. The molecule has 2 nitrogen and oxygen atoms in total. The van der Waals surface area contributed by atoms with Crippen LogP contribution in [0.25, 0.3) is 6.08 Å². The second-order valence-corrected chi connectivity index (χ2v) is 6.00. The van der Waals surface area contributed by atoms with Crippen molar-refractivity contribution in [2.24, 2.45) is 5.41 Å². The minimum absolute atomic E-state index is 0.0431. The van der Waals surface area contributed by atoms with Gasteiger partial charge in [-0.3, -0.25) is 4.79 Å². The van der Waals surface area contributed by atoms with Gasteiger partial charge in [0.05, 0.1) is 5.41 Å². The number of hydrogen-bond donors (Lipinski definition) is 0. The maximum atomic E-state index is 11.8. The molecule has 2 rings (SSSR count). The van der Waals surface area contributed by atoms with Crippen molar-refractivity contribution in [3.05, 3.63) is 41.5 Å². The molecule has 1 atom stereocenters. The highest BCUT2D eigenvalue weighted by molar-refractivity contribution is 5.76. The highest BCUT2D eigenvalue weighted by Crippen LogP contribution is 2.32. The first-order chi connectivity index (χ1) is 8.97. The fourth-order valence-corrected chi connectivity index (χ4v) is 2.29. The van der Waals surface area contributed by atoms with Gasteiger partial charge in [0.25, 0.3) is 0 Å². The molecular formula is C17H22O2. The summed E-state index contributed by atoms with van der Waals surface area (Å²) in [6.45, 7) is 5.99. The van der Waals surface area contributed by atoms with E-state index in [1.54, 1.807) is 0 Å². The lowest BCUT2D eigenvalue weighted by Gasteiger charge is -2.32. The average molecular weight is 258 g/mol. The number of carbonyl (C=O) groups excluding carboxylic acids is 1. The fourth-order valence-electron chi connectivity index (χ4n) is 2.29. The van der Waals surface area contributed by atoms with Crippen LogP contribution in [-0.2, 0) is 9.53 Å². The Bertz CT molecular complexity index is 486. The van der Waals surface area contributed by atoms with E-state index in [9.17, 15) is 4.79 Å². The summed E-state index contributed by atoms with van der Waals surface area (Å²) in [6.07, 6.45) is 6.91. The van der Waals surface area contributed by atoms with E-state index in [1.165, 1.54) is 11.1 Å². The standard InChI is InChI=1S/C17H22O2/c1-13-6-4-7-14(12-13)8-5-9-15-10-11-17(2,3)16(18)19-15/h4-8,12,15H,9-11H2,1-3H3/b8-5+. The predicted molar refractivity (Wildman–Crippen MR) is 77.7 cm³/mol. The van der Waals surface area contributed by atoms with Gasteiger partial charge in [0, 0.05) is 6.42 Å². The highest BCUT2D eigenvalue weighted by atomic mass is 16.5. The van der Waals surface area contributed by atoms with Crippen molar-refractivity contribution in [1.29, 1.82) is 0 Å². The third kappa shape index (κ3) is 3.69. The molecule has 0 spiro atoms. The molecule has 19 heavy (non-hydrogen) atoms. The van der Waals surface area contributed by atoms with Gasteiger partial charge < -0.3 is 4.74 Å². The van der Waals surface area contributed by atoms with Crippen molar-refractivity contribution in [3.8, 4) is 0 Å². The number of hydrogen-bond acceptors (Lipinski definition) is 2. The van der Waals surface area contributed by atoms with Crippen molar-refractivity contribution in [2.75, 3.05) is 0 Å². The van der Waals surface area contributed by atoms with Crippen LogP contribution in [0.1, 0.15) is 44.2 Å². The minimum atomic E-state index is -0.309. The lowest BCUT2D eigenvalue weighted by molar-refractivity contribution is -0.167. The van der Waals surface area contributed by atoms with E-state index in [1.807, 2.05) is 13.8 Å². The van der Waals surface area contributed by atoms with Gasteiger partial charge in [-0.05, 0) is 39.2 Å². The summed E-state index contributed by atoms with van der Waals surface area (Å²) in [4.78, 5) is 11.8. The Hall–Kier alpha value is -1.57. The molecule has 1 aliphatic rings. The van der Waals surface area contributed by atoms with Crippen LogP contribution in [0.5, 0.6) is 0 Å². The third-order valence-corrected chi connectivity index (χ3v) is 3.67. The van der Waals surface area contributed by atoms with E-state index in [4.69, 9.17) is 4.74 Å². The molecule has 0 saturated carbocycles. The molecular weight excluding hydrogens is 236 g/mol. The number of cyclic esters (lactones) is 1. The Morgan fingerprint density at radius 2 is 2.21 bits per heavy atom. The Morgan fingerprint density at radius 3 is 2.89 bits per heavy atom. The zero-order chi connectivity index (χ0) is 13.9. The van der Waals surface area contributed by atoms with Gasteiger partial charge in [-0.1, -0.05) is 42.0 Å². The summed E-state index contributed by atoms with van der Waals surface area (Å²) < 4.78 is 5.47. The maximum Gasteiger partial charge on any atom is 0.311 e. The number of esters is 1. The molecule has 1 saturated heterocycles. The molecule has 0 aromatic heterocycles. The topological polar surface area (TPSA) is 26.3 Å². The van der Waals surface area contributed by atoms with Gasteiger partial charge in [-0.2, -0.15) is 0 Å². The maximum absolute atomic E-state index is 11.8. The van der Waals surface area contributed by atoms with Crippen LogP contribution >= 0.6 is 0 Å². The molecule has 102 valence electrons.